The van der Waals surface area contributed by atoms with Crippen molar-refractivity contribution in [3.8, 4) is 5.75 Å². The summed E-state index contributed by atoms with van der Waals surface area (Å²) in [7, 11) is 0. The van der Waals surface area contributed by atoms with Crippen molar-refractivity contribution in [3.05, 3.63) is 51.7 Å². The number of esters is 2. The number of nitrogens with one attached hydrogen (secondary N) is 1. The minimum absolute atomic E-state index is 0.153. The lowest BCUT2D eigenvalue weighted by molar-refractivity contribution is -0.123. The minimum atomic E-state index is -0.584. The topological polar surface area (TPSA) is 90.9 Å². The van der Waals surface area contributed by atoms with Gasteiger partial charge in [-0.2, -0.15) is 0 Å². The molecule has 0 radical (unpaired) electrons. The van der Waals surface area contributed by atoms with Crippen molar-refractivity contribution >= 4 is 29.2 Å². The fraction of sp³-hybridized carbons (Fsp3) is 0.350. The first-order valence-electron chi connectivity index (χ1n) is 8.94. The van der Waals surface area contributed by atoms with E-state index in [4.69, 9.17) is 14.2 Å². The van der Waals surface area contributed by atoms with Gasteiger partial charge in [0.1, 0.15) is 5.75 Å². The standard InChI is InChI=1S/C20H23NO6S/c1-3-25-19(23)14-10-15(20(24)26-4-2)12-16(11-14)27-13-18(22)21-8-7-17-6-5-9-28-17/h5-6,9-12H,3-4,7-8,13H2,1-2H3,(H,21,22). The molecule has 0 bridgehead atoms. The molecule has 28 heavy (non-hydrogen) atoms. The summed E-state index contributed by atoms with van der Waals surface area (Å²) >= 11 is 1.63. The number of hydrogen-bond acceptors (Lipinski definition) is 7. The molecule has 0 unspecified atom stereocenters. The summed E-state index contributed by atoms with van der Waals surface area (Å²) in [6.07, 6.45) is 0.745. The maximum Gasteiger partial charge on any atom is 0.338 e. The molecule has 0 saturated carbocycles. The molecular weight excluding hydrogens is 382 g/mol. The van der Waals surface area contributed by atoms with Crippen LogP contribution in [-0.2, 0) is 20.7 Å². The van der Waals surface area contributed by atoms with Crippen LogP contribution in [0.15, 0.2) is 35.7 Å². The molecule has 1 amide bonds. The SMILES string of the molecule is CCOC(=O)c1cc(OCC(=O)NCCc2cccs2)cc(C(=O)OCC)c1. The van der Waals surface area contributed by atoms with Crippen molar-refractivity contribution < 1.29 is 28.6 Å². The van der Waals surface area contributed by atoms with Gasteiger partial charge in [-0.15, -0.1) is 11.3 Å². The second-order valence-electron chi connectivity index (χ2n) is 5.65. The van der Waals surface area contributed by atoms with Gasteiger partial charge in [0.2, 0.25) is 0 Å². The molecule has 150 valence electrons. The highest BCUT2D eigenvalue weighted by atomic mass is 32.1. The molecule has 0 spiro atoms. The van der Waals surface area contributed by atoms with E-state index in [1.54, 1.807) is 25.2 Å². The van der Waals surface area contributed by atoms with Crippen molar-refractivity contribution in [2.24, 2.45) is 0 Å². The molecule has 8 heteroatoms. The normalized spacial score (nSPS) is 10.2. The predicted molar refractivity (Wildman–Crippen MR) is 105 cm³/mol. The third-order valence-electron chi connectivity index (χ3n) is 3.57. The second kappa shape index (κ2) is 11.1. The van der Waals surface area contributed by atoms with Crippen LogP contribution in [-0.4, -0.2) is 44.2 Å². The smallest absolute Gasteiger partial charge is 0.338 e. The Bertz CT molecular complexity index is 767. The van der Waals surface area contributed by atoms with Crippen LogP contribution in [0, 0.1) is 0 Å². The van der Waals surface area contributed by atoms with Gasteiger partial charge in [0.25, 0.3) is 5.91 Å². The Labute approximate surface area is 167 Å². The van der Waals surface area contributed by atoms with Crippen LogP contribution in [0.25, 0.3) is 0 Å². The van der Waals surface area contributed by atoms with E-state index in [0.717, 1.165) is 6.42 Å². The third-order valence-corrected chi connectivity index (χ3v) is 4.51. The molecular formula is C20H23NO6S. The van der Waals surface area contributed by atoms with Crippen LogP contribution in [0.4, 0.5) is 0 Å². The van der Waals surface area contributed by atoms with Crippen LogP contribution >= 0.6 is 11.3 Å². The molecule has 1 aromatic heterocycles. The van der Waals surface area contributed by atoms with Crippen molar-refractivity contribution in [1.29, 1.82) is 0 Å². The largest absolute Gasteiger partial charge is 0.484 e. The summed E-state index contributed by atoms with van der Waals surface area (Å²) < 4.78 is 15.4. The van der Waals surface area contributed by atoms with Gasteiger partial charge in [0, 0.05) is 11.4 Å². The average molecular weight is 405 g/mol. The molecule has 2 aromatic rings. The molecule has 0 saturated heterocycles. The van der Waals surface area contributed by atoms with E-state index >= 15 is 0 Å². The number of thiophene rings is 1. The first-order chi connectivity index (χ1) is 13.5. The summed E-state index contributed by atoms with van der Waals surface area (Å²) in [4.78, 5) is 37.2. The van der Waals surface area contributed by atoms with Gasteiger partial charge in [-0.3, -0.25) is 4.79 Å². The molecule has 1 aromatic carbocycles. The van der Waals surface area contributed by atoms with E-state index in [2.05, 4.69) is 5.32 Å². The number of hydrogen-bond donors (Lipinski definition) is 1. The minimum Gasteiger partial charge on any atom is -0.484 e. The number of carbonyl (C=O) groups is 3. The van der Waals surface area contributed by atoms with Crippen LogP contribution < -0.4 is 10.1 Å². The van der Waals surface area contributed by atoms with Gasteiger partial charge >= 0.3 is 11.9 Å². The number of amides is 1. The second-order valence-corrected chi connectivity index (χ2v) is 6.69. The highest BCUT2D eigenvalue weighted by Crippen LogP contribution is 2.19. The van der Waals surface area contributed by atoms with Gasteiger partial charge in [-0.25, -0.2) is 9.59 Å². The van der Waals surface area contributed by atoms with E-state index in [1.807, 2.05) is 17.5 Å². The zero-order chi connectivity index (χ0) is 20.4. The van der Waals surface area contributed by atoms with Gasteiger partial charge in [-0.05, 0) is 49.9 Å². The zero-order valence-corrected chi connectivity index (χ0v) is 16.7. The van der Waals surface area contributed by atoms with Gasteiger partial charge in [0.15, 0.2) is 6.61 Å². The Morgan fingerprint density at radius 1 is 1.00 bits per heavy atom. The Hall–Kier alpha value is -2.87. The molecule has 2 rings (SSSR count). The average Bonchev–Trinajstić information content (AvgIpc) is 3.20. The fourth-order valence-corrected chi connectivity index (χ4v) is 3.04. The summed E-state index contributed by atoms with van der Waals surface area (Å²) in [6, 6.07) is 8.21. The first kappa shape index (κ1) is 21.4. The molecule has 0 fully saturated rings. The van der Waals surface area contributed by atoms with Crippen LogP contribution in [0.1, 0.15) is 39.4 Å². The Kier molecular flexibility index (Phi) is 8.48. The van der Waals surface area contributed by atoms with Crippen molar-refractivity contribution in [2.75, 3.05) is 26.4 Å². The summed E-state index contributed by atoms with van der Waals surface area (Å²) in [5, 5.41) is 4.75. The number of benzene rings is 1. The predicted octanol–water partition coefficient (Wildman–Crippen LogP) is 2.84. The molecule has 1 N–H and O–H groups in total. The highest BCUT2D eigenvalue weighted by Gasteiger charge is 2.16. The number of carbonyl (C=O) groups excluding carboxylic acids is 3. The van der Waals surface area contributed by atoms with Crippen LogP contribution in [0.3, 0.4) is 0 Å². The lowest BCUT2D eigenvalue weighted by Gasteiger charge is -2.11. The molecule has 0 atom stereocenters. The van der Waals surface area contributed by atoms with Crippen molar-refractivity contribution in [1.82, 2.24) is 5.32 Å². The van der Waals surface area contributed by atoms with E-state index in [-0.39, 0.29) is 42.6 Å². The van der Waals surface area contributed by atoms with E-state index in [0.29, 0.717) is 6.54 Å². The van der Waals surface area contributed by atoms with E-state index in [1.165, 1.54) is 23.1 Å². The number of rotatable bonds is 10. The lowest BCUT2D eigenvalue weighted by Crippen LogP contribution is -2.30. The molecule has 0 aliphatic carbocycles. The van der Waals surface area contributed by atoms with E-state index in [9.17, 15) is 14.4 Å². The van der Waals surface area contributed by atoms with Gasteiger partial charge < -0.3 is 19.5 Å². The summed E-state index contributed by atoms with van der Waals surface area (Å²) in [6.45, 7) is 4.03. The fourth-order valence-electron chi connectivity index (χ4n) is 2.33. The summed E-state index contributed by atoms with van der Waals surface area (Å²) in [5.41, 5.74) is 0.306. The molecule has 0 aliphatic rings. The van der Waals surface area contributed by atoms with Crippen molar-refractivity contribution in [3.63, 3.8) is 0 Å². The summed E-state index contributed by atoms with van der Waals surface area (Å²) in [5.74, 6) is -1.25. The number of ether oxygens (including phenoxy) is 3. The van der Waals surface area contributed by atoms with Crippen LogP contribution in [0.5, 0.6) is 5.75 Å². The van der Waals surface area contributed by atoms with Crippen LogP contribution in [0.2, 0.25) is 0 Å². The zero-order valence-electron chi connectivity index (χ0n) is 15.9. The molecule has 1 heterocycles. The Morgan fingerprint density at radius 3 is 2.18 bits per heavy atom. The van der Waals surface area contributed by atoms with Crippen molar-refractivity contribution in [2.45, 2.75) is 20.3 Å². The maximum absolute atomic E-state index is 12.0. The van der Waals surface area contributed by atoms with E-state index < -0.39 is 11.9 Å². The van der Waals surface area contributed by atoms with Gasteiger partial charge in [0.05, 0.1) is 24.3 Å². The molecule has 7 nitrogen and oxygen atoms in total. The highest BCUT2D eigenvalue weighted by molar-refractivity contribution is 7.09. The Morgan fingerprint density at radius 2 is 1.64 bits per heavy atom. The molecule has 0 aliphatic heterocycles. The third kappa shape index (κ3) is 6.70. The first-order valence-corrected chi connectivity index (χ1v) is 9.82. The quantitative estimate of drug-likeness (QED) is 0.611. The Balaban J connectivity index is 1.98. The van der Waals surface area contributed by atoms with Gasteiger partial charge in [-0.1, -0.05) is 6.07 Å². The maximum atomic E-state index is 12.0. The lowest BCUT2D eigenvalue weighted by atomic mass is 10.1. The monoisotopic (exact) mass is 405 g/mol.